The standard InChI is InChI=1S/C21H21F3N2O3S/c1-2-29-18(28)11-25-16(27)8-9-17-26(12-13-6-4-3-5-7-13)20-19(24)14(22)10-15(23)21(20)30-17/h3-7,10,17H,2,8-9,11-12H2,1H3,(H,25,27). The number of carbonyl (C=O) groups is 2. The van der Waals surface area contributed by atoms with Crippen LogP contribution in [0.2, 0.25) is 0 Å². The van der Waals surface area contributed by atoms with Crippen molar-refractivity contribution in [1.82, 2.24) is 5.32 Å². The Labute approximate surface area is 176 Å². The maximum Gasteiger partial charge on any atom is 0.325 e. The molecule has 0 saturated heterocycles. The third kappa shape index (κ3) is 5.08. The van der Waals surface area contributed by atoms with Gasteiger partial charge in [0, 0.05) is 19.0 Å². The molecule has 0 spiro atoms. The second-order valence-corrected chi connectivity index (χ2v) is 7.83. The predicted molar refractivity (Wildman–Crippen MR) is 107 cm³/mol. The van der Waals surface area contributed by atoms with E-state index in [4.69, 9.17) is 4.74 Å². The van der Waals surface area contributed by atoms with Crippen molar-refractivity contribution in [3.8, 4) is 0 Å². The molecule has 1 atom stereocenters. The quantitative estimate of drug-likeness (QED) is 0.499. The predicted octanol–water partition coefficient (Wildman–Crippen LogP) is 4.00. The molecule has 1 heterocycles. The molecular formula is C21H21F3N2O3S. The lowest BCUT2D eigenvalue weighted by Crippen LogP contribution is -2.33. The van der Waals surface area contributed by atoms with Crippen molar-refractivity contribution in [2.75, 3.05) is 18.1 Å². The van der Waals surface area contributed by atoms with E-state index in [1.807, 2.05) is 30.3 Å². The van der Waals surface area contributed by atoms with Crippen molar-refractivity contribution in [3.63, 3.8) is 0 Å². The second kappa shape index (κ2) is 9.88. The highest BCUT2D eigenvalue weighted by Gasteiger charge is 2.36. The number of anilines is 1. The molecule has 5 nitrogen and oxygen atoms in total. The third-order valence-corrected chi connectivity index (χ3v) is 5.93. The molecule has 30 heavy (non-hydrogen) atoms. The molecule has 1 aliphatic heterocycles. The van der Waals surface area contributed by atoms with Crippen LogP contribution in [0.1, 0.15) is 25.3 Å². The average Bonchev–Trinajstić information content (AvgIpc) is 3.09. The molecule has 1 unspecified atom stereocenters. The Morgan fingerprint density at radius 3 is 2.60 bits per heavy atom. The van der Waals surface area contributed by atoms with Crippen LogP contribution in [-0.2, 0) is 20.9 Å². The van der Waals surface area contributed by atoms with Crippen molar-refractivity contribution in [2.24, 2.45) is 0 Å². The highest BCUT2D eigenvalue weighted by atomic mass is 32.2. The summed E-state index contributed by atoms with van der Waals surface area (Å²) >= 11 is 1.06. The van der Waals surface area contributed by atoms with Crippen LogP contribution in [0.5, 0.6) is 0 Å². The molecule has 2 aromatic rings. The number of nitrogens with one attached hydrogen (secondary N) is 1. The number of halogens is 3. The number of benzene rings is 2. The smallest absolute Gasteiger partial charge is 0.325 e. The van der Waals surface area contributed by atoms with Gasteiger partial charge in [-0.2, -0.15) is 0 Å². The number of carbonyl (C=O) groups excluding carboxylic acids is 2. The second-order valence-electron chi connectivity index (χ2n) is 6.64. The zero-order valence-electron chi connectivity index (χ0n) is 16.3. The van der Waals surface area contributed by atoms with E-state index < -0.39 is 28.8 Å². The minimum atomic E-state index is -1.25. The molecule has 1 N–H and O–H groups in total. The van der Waals surface area contributed by atoms with Gasteiger partial charge in [-0.1, -0.05) is 42.1 Å². The van der Waals surface area contributed by atoms with Crippen molar-refractivity contribution >= 4 is 29.3 Å². The monoisotopic (exact) mass is 438 g/mol. The van der Waals surface area contributed by atoms with E-state index in [1.165, 1.54) is 0 Å². The Kier molecular flexibility index (Phi) is 7.25. The van der Waals surface area contributed by atoms with Gasteiger partial charge in [0.25, 0.3) is 0 Å². The zero-order valence-corrected chi connectivity index (χ0v) is 17.1. The van der Waals surface area contributed by atoms with Crippen LogP contribution in [0.25, 0.3) is 0 Å². The molecule has 0 saturated carbocycles. The molecule has 0 aliphatic carbocycles. The van der Waals surface area contributed by atoms with Gasteiger partial charge in [0.1, 0.15) is 12.4 Å². The molecule has 9 heteroatoms. The van der Waals surface area contributed by atoms with Gasteiger partial charge in [0.05, 0.1) is 22.6 Å². The Balaban J connectivity index is 1.74. The van der Waals surface area contributed by atoms with E-state index in [2.05, 4.69) is 5.32 Å². The van der Waals surface area contributed by atoms with Gasteiger partial charge in [-0.15, -0.1) is 0 Å². The molecule has 0 bridgehead atoms. The molecule has 1 aliphatic rings. The molecule has 160 valence electrons. The van der Waals surface area contributed by atoms with Crippen LogP contribution in [0.15, 0.2) is 41.3 Å². The topological polar surface area (TPSA) is 58.6 Å². The molecule has 0 aromatic heterocycles. The number of ether oxygens (including phenoxy) is 1. The molecule has 3 rings (SSSR count). The highest BCUT2D eigenvalue weighted by Crippen LogP contribution is 2.49. The number of rotatable bonds is 8. The lowest BCUT2D eigenvalue weighted by atomic mass is 10.1. The fourth-order valence-corrected chi connectivity index (χ4v) is 4.48. The summed E-state index contributed by atoms with van der Waals surface area (Å²) in [7, 11) is 0. The minimum absolute atomic E-state index is 0.0294. The number of amides is 1. The molecule has 2 aromatic carbocycles. The first kappa shape index (κ1) is 22.0. The average molecular weight is 438 g/mol. The number of hydrogen-bond donors (Lipinski definition) is 1. The fourth-order valence-electron chi connectivity index (χ4n) is 3.18. The molecule has 1 amide bonds. The summed E-state index contributed by atoms with van der Waals surface area (Å²) in [6.07, 6.45) is 0.281. The van der Waals surface area contributed by atoms with Gasteiger partial charge >= 0.3 is 5.97 Å². The van der Waals surface area contributed by atoms with Gasteiger partial charge in [-0.25, -0.2) is 13.2 Å². The minimum Gasteiger partial charge on any atom is -0.465 e. The largest absolute Gasteiger partial charge is 0.465 e. The number of esters is 1. The fraction of sp³-hybridized carbons (Fsp3) is 0.333. The maximum absolute atomic E-state index is 14.6. The van der Waals surface area contributed by atoms with Gasteiger partial charge in [-0.3, -0.25) is 9.59 Å². The summed E-state index contributed by atoms with van der Waals surface area (Å²) in [4.78, 5) is 25.0. The van der Waals surface area contributed by atoms with E-state index in [1.54, 1.807) is 11.8 Å². The first-order chi connectivity index (χ1) is 14.4. The summed E-state index contributed by atoms with van der Waals surface area (Å²) in [6, 6.07) is 9.68. The van der Waals surface area contributed by atoms with Crippen molar-refractivity contribution in [2.45, 2.75) is 36.6 Å². The SMILES string of the molecule is CCOC(=O)CNC(=O)CCC1Sc2c(F)cc(F)c(F)c2N1Cc1ccccc1. The van der Waals surface area contributed by atoms with Crippen LogP contribution in [0, 0.1) is 17.5 Å². The normalized spacial score (nSPS) is 15.1. The lowest BCUT2D eigenvalue weighted by Gasteiger charge is -2.27. The van der Waals surface area contributed by atoms with Crippen molar-refractivity contribution in [1.29, 1.82) is 0 Å². The Hall–Kier alpha value is -2.68. The van der Waals surface area contributed by atoms with E-state index in [-0.39, 0.29) is 49.0 Å². The number of hydrogen-bond acceptors (Lipinski definition) is 5. The Bertz CT molecular complexity index is 927. The summed E-state index contributed by atoms with van der Waals surface area (Å²) < 4.78 is 47.5. The maximum atomic E-state index is 14.6. The summed E-state index contributed by atoms with van der Waals surface area (Å²) in [6.45, 7) is 1.87. The first-order valence-corrected chi connectivity index (χ1v) is 10.4. The van der Waals surface area contributed by atoms with E-state index in [9.17, 15) is 22.8 Å². The van der Waals surface area contributed by atoms with Gasteiger partial charge in [0.15, 0.2) is 11.6 Å². The van der Waals surface area contributed by atoms with Gasteiger partial charge < -0.3 is 15.0 Å². The molecular weight excluding hydrogens is 417 g/mol. The van der Waals surface area contributed by atoms with Crippen molar-refractivity contribution < 1.29 is 27.5 Å². The van der Waals surface area contributed by atoms with Gasteiger partial charge in [-0.05, 0) is 18.9 Å². The van der Waals surface area contributed by atoms with Gasteiger partial charge in [0.2, 0.25) is 5.91 Å². The summed E-state index contributed by atoms with van der Waals surface area (Å²) in [5.74, 6) is -4.12. The summed E-state index contributed by atoms with van der Waals surface area (Å²) in [5, 5.41) is 1.99. The van der Waals surface area contributed by atoms with Crippen LogP contribution < -0.4 is 10.2 Å². The third-order valence-electron chi connectivity index (χ3n) is 4.54. The molecule has 0 fully saturated rings. The van der Waals surface area contributed by atoms with Crippen molar-refractivity contribution in [3.05, 3.63) is 59.4 Å². The Morgan fingerprint density at radius 2 is 1.90 bits per heavy atom. The van der Waals surface area contributed by atoms with E-state index in [0.717, 1.165) is 17.3 Å². The zero-order chi connectivity index (χ0) is 21.7. The van der Waals surface area contributed by atoms with Crippen LogP contribution in [0.3, 0.4) is 0 Å². The first-order valence-electron chi connectivity index (χ1n) is 9.47. The number of thioether (sulfide) groups is 1. The van der Waals surface area contributed by atoms with Crippen LogP contribution in [0.4, 0.5) is 18.9 Å². The number of fused-ring (bicyclic) bond motifs is 1. The lowest BCUT2D eigenvalue weighted by molar-refractivity contribution is -0.143. The van der Waals surface area contributed by atoms with E-state index >= 15 is 0 Å². The van der Waals surface area contributed by atoms with Crippen LogP contribution >= 0.6 is 11.8 Å². The van der Waals surface area contributed by atoms with E-state index in [0.29, 0.717) is 6.07 Å². The number of nitrogens with zero attached hydrogens (tertiary/aromatic N) is 1. The van der Waals surface area contributed by atoms with Crippen LogP contribution in [-0.4, -0.2) is 30.4 Å². The molecule has 0 radical (unpaired) electrons. The Morgan fingerprint density at radius 1 is 1.17 bits per heavy atom. The highest BCUT2D eigenvalue weighted by molar-refractivity contribution is 8.00. The summed E-state index contributed by atoms with van der Waals surface area (Å²) in [5.41, 5.74) is 0.713.